The molecule has 0 aromatic heterocycles. The molecule has 0 aliphatic rings. The fourth-order valence-corrected chi connectivity index (χ4v) is 2.74. The summed E-state index contributed by atoms with van der Waals surface area (Å²) in [4.78, 5) is 52.7. The second-order valence-electron chi connectivity index (χ2n) is 7.59. The molecule has 32 heavy (non-hydrogen) atoms. The molecule has 11 N–H and O–H groups in total. The van der Waals surface area contributed by atoms with Crippen LogP contribution in [-0.2, 0) is 19.2 Å². The van der Waals surface area contributed by atoms with Crippen LogP contribution in [-0.4, -0.2) is 82.4 Å². The molecule has 5 atom stereocenters. The highest BCUT2D eigenvalue weighted by Crippen LogP contribution is 2.07. The molecule has 0 aliphatic heterocycles. The largest absolute Gasteiger partial charge is 0.480 e. The molecule has 14 heteroatoms. The summed E-state index contributed by atoms with van der Waals surface area (Å²) in [6.07, 6.45) is -0.728. The highest BCUT2D eigenvalue weighted by molar-refractivity contribution is 7.80. The summed E-state index contributed by atoms with van der Waals surface area (Å²) in [5, 5.41) is 25.9. The zero-order chi connectivity index (χ0) is 25.0. The molecule has 0 aliphatic carbocycles. The predicted molar refractivity (Wildman–Crippen MR) is 122 cm³/mol. The number of hydrogen-bond acceptors (Lipinski definition) is 8. The van der Waals surface area contributed by atoms with Crippen LogP contribution in [0.25, 0.3) is 0 Å². The third-order valence-electron chi connectivity index (χ3n) is 4.44. The summed E-state index contributed by atoms with van der Waals surface area (Å²) in [7, 11) is 0. The van der Waals surface area contributed by atoms with Gasteiger partial charge in [0.05, 0.1) is 6.10 Å². The summed E-state index contributed by atoms with van der Waals surface area (Å²) in [5.74, 6) is -4.09. The van der Waals surface area contributed by atoms with E-state index in [0.29, 0.717) is 6.42 Å². The summed E-state index contributed by atoms with van der Waals surface area (Å²) < 4.78 is 0. The molecule has 184 valence electrons. The van der Waals surface area contributed by atoms with Crippen LogP contribution in [0.3, 0.4) is 0 Å². The zero-order valence-electron chi connectivity index (χ0n) is 18.4. The highest BCUT2D eigenvalue weighted by atomic mass is 32.1. The first kappa shape index (κ1) is 29.4. The number of nitrogens with zero attached hydrogens (tertiary/aromatic N) is 1. The van der Waals surface area contributed by atoms with Gasteiger partial charge in [-0.2, -0.15) is 12.6 Å². The number of amides is 3. The Hall–Kier alpha value is -2.58. The van der Waals surface area contributed by atoms with Crippen molar-refractivity contribution < 1.29 is 29.4 Å². The first-order valence-electron chi connectivity index (χ1n) is 10.1. The fraction of sp³-hybridized carbons (Fsp3) is 0.722. The molecule has 0 radical (unpaired) electrons. The van der Waals surface area contributed by atoms with Crippen molar-refractivity contribution in [1.29, 1.82) is 0 Å². The molecule has 13 nitrogen and oxygen atoms in total. The van der Waals surface area contributed by atoms with Gasteiger partial charge in [0.2, 0.25) is 17.7 Å². The lowest BCUT2D eigenvalue weighted by Crippen LogP contribution is -2.59. The van der Waals surface area contributed by atoms with Crippen LogP contribution in [0.15, 0.2) is 4.99 Å². The van der Waals surface area contributed by atoms with E-state index in [1.54, 1.807) is 13.8 Å². The number of carboxylic acids is 1. The summed E-state index contributed by atoms with van der Waals surface area (Å²) in [6, 6.07) is -4.68. The van der Waals surface area contributed by atoms with Gasteiger partial charge in [0.15, 0.2) is 5.96 Å². The number of thiol groups is 1. The van der Waals surface area contributed by atoms with Gasteiger partial charge in [-0.1, -0.05) is 13.8 Å². The van der Waals surface area contributed by atoms with E-state index in [4.69, 9.17) is 22.3 Å². The number of hydrogen-bond donors (Lipinski definition) is 9. The standard InChI is InChI=1S/C18H35N7O6S/c1-8(2)13(25-15(28)12(19)9(3)26)16(29)23-10(5-4-6-22-18(20)21)14(27)24-11(7-32)17(30)31/h8-13,26,32H,4-7,19H2,1-3H3,(H,23,29)(H,24,27)(H,25,28)(H,30,31)(H4,20,21,22). The van der Waals surface area contributed by atoms with Crippen LogP contribution < -0.4 is 33.2 Å². The second kappa shape index (κ2) is 14.5. The molecule has 0 spiro atoms. The molecule has 0 fully saturated rings. The average Bonchev–Trinajstić information content (AvgIpc) is 2.70. The van der Waals surface area contributed by atoms with Gasteiger partial charge in [0.1, 0.15) is 24.2 Å². The minimum absolute atomic E-state index is 0.0964. The number of carbonyl (C=O) groups excluding carboxylic acids is 3. The number of nitrogens with two attached hydrogens (primary N) is 3. The third kappa shape index (κ3) is 10.6. The predicted octanol–water partition coefficient (Wildman–Crippen LogP) is -3.13. The maximum absolute atomic E-state index is 12.8. The number of nitrogens with one attached hydrogen (secondary N) is 3. The first-order valence-corrected chi connectivity index (χ1v) is 10.7. The Balaban J connectivity index is 5.45. The summed E-state index contributed by atoms with van der Waals surface area (Å²) >= 11 is 3.90. The van der Waals surface area contributed by atoms with Gasteiger partial charge >= 0.3 is 5.97 Å². The van der Waals surface area contributed by atoms with E-state index in [0.717, 1.165) is 0 Å². The number of carbonyl (C=O) groups is 4. The normalized spacial score (nSPS) is 15.6. The maximum atomic E-state index is 12.8. The molecule has 0 rings (SSSR count). The SMILES string of the molecule is CC(C)C(NC(=O)C(N)C(C)O)C(=O)NC(CCCN=C(N)N)C(=O)NC(CS)C(=O)O. The topological polar surface area (TPSA) is 235 Å². The lowest BCUT2D eigenvalue weighted by Gasteiger charge is -2.27. The van der Waals surface area contributed by atoms with Crippen molar-refractivity contribution >= 4 is 42.3 Å². The number of aliphatic hydroxyl groups is 1. The van der Waals surface area contributed by atoms with E-state index in [1.807, 2.05) is 0 Å². The minimum atomic E-state index is -1.28. The molecule has 5 unspecified atom stereocenters. The molecule has 0 bridgehead atoms. The minimum Gasteiger partial charge on any atom is -0.480 e. The van der Waals surface area contributed by atoms with Crippen LogP contribution in [0.2, 0.25) is 0 Å². The number of aliphatic hydroxyl groups excluding tert-OH is 1. The lowest BCUT2D eigenvalue weighted by atomic mass is 10.0. The Labute approximate surface area is 192 Å². The van der Waals surface area contributed by atoms with Crippen molar-refractivity contribution in [3.8, 4) is 0 Å². The first-order chi connectivity index (χ1) is 14.8. The van der Waals surface area contributed by atoms with Crippen molar-refractivity contribution in [2.75, 3.05) is 12.3 Å². The lowest BCUT2D eigenvalue weighted by molar-refractivity contribution is -0.141. The van der Waals surface area contributed by atoms with E-state index < -0.39 is 54.0 Å². The quantitative estimate of drug-likeness (QED) is 0.0531. The van der Waals surface area contributed by atoms with E-state index >= 15 is 0 Å². The Morgan fingerprint density at radius 3 is 1.97 bits per heavy atom. The Morgan fingerprint density at radius 1 is 0.969 bits per heavy atom. The molecule has 0 heterocycles. The van der Waals surface area contributed by atoms with E-state index in [2.05, 4.69) is 33.6 Å². The van der Waals surface area contributed by atoms with Gasteiger partial charge in [-0.15, -0.1) is 0 Å². The third-order valence-corrected chi connectivity index (χ3v) is 4.81. The number of guanidine groups is 1. The fourth-order valence-electron chi connectivity index (χ4n) is 2.50. The molecule has 0 saturated heterocycles. The van der Waals surface area contributed by atoms with E-state index in [9.17, 15) is 24.3 Å². The summed E-state index contributed by atoms with van der Waals surface area (Å²) in [5.41, 5.74) is 16.1. The number of aliphatic carboxylic acids is 1. The highest BCUT2D eigenvalue weighted by Gasteiger charge is 2.32. The van der Waals surface area contributed by atoms with Gasteiger partial charge < -0.3 is 43.4 Å². The Kier molecular flexibility index (Phi) is 13.3. The summed E-state index contributed by atoms with van der Waals surface area (Å²) in [6.45, 7) is 4.87. The zero-order valence-corrected chi connectivity index (χ0v) is 19.3. The van der Waals surface area contributed by atoms with Crippen molar-refractivity contribution in [2.45, 2.75) is 63.9 Å². The van der Waals surface area contributed by atoms with Crippen molar-refractivity contribution in [1.82, 2.24) is 16.0 Å². The molecule has 0 aromatic rings. The molecule has 0 saturated carbocycles. The molecule has 0 aromatic carbocycles. The molecular formula is C18H35N7O6S. The molecule has 3 amide bonds. The van der Waals surface area contributed by atoms with Crippen molar-refractivity contribution in [2.24, 2.45) is 28.1 Å². The smallest absolute Gasteiger partial charge is 0.327 e. The second-order valence-corrected chi connectivity index (χ2v) is 7.95. The van der Waals surface area contributed by atoms with Gasteiger partial charge in [-0.25, -0.2) is 4.79 Å². The molecular weight excluding hydrogens is 442 g/mol. The monoisotopic (exact) mass is 477 g/mol. The number of carboxylic acid groups (broad SMARTS) is 1. The van der Waals surface area contributed by atoms with Gasteiger partial charge in [-0.05, 0) is 25.7 Å². The van der Waals surface area contributed by atoms with Gasteiger partial charge in [0, 0.05) is 12.3 Å². The van der Waals surface area contributed by atoms with Crippen molar-refractivity contribution in [3.05, 3.63) is 0 Å². The Bertz CT molecular complexity index is 685. The number of aliphatic imine (C=N–C) groups is 1. The van der Waals surface area contributed by atoms with Crippen LogP contribution >= 0.6 is 12.6 Å². The average molecular weight is 478 g/mol. The van der Waals surface area contributed by atoms with Gasteiger partial charge in [0.25, 0.3) is 0 Å². The van der Waals surface area contributed by atoms with Crippen LogP contribution in [0, 0.1) is 5.92 Å². The van der Waals surface area contributed by atoms with Crippen molar-refractivity contribution in [3.63, 3.8) is 0 Å². The van der Waals surface area contributed by atoms with Crippen LogP contribution in [0.1, 0.15) is 33.6 Å². The van der Waals surface area contributed by atoms with Gasteiger partial charge in [-0.3, -0.25) is 19.4 Å². The maximum Gasteiger partial charge on any atom is 0.327 e. The Morgan fingerprint density at radius 2 is 1.53 bits per heavy atom. The van der Waals surface area contributed by atoms with E-state index in [1.165, 1.54) is 6.92 Å². The van der Waals surface area contributed by atoms with Crippen LogP contribution in [0.5, 0.6) is 0 Å². The number of rotatable bonds is 14. The van der Waals surface area contributed by atoms with Crippen LogP contribution in [0.4, 0.5) is 0 Å². The van der Waals surface area contributed by atoms with E-state index in [-0.39, 0.29) is 30.6 Å².